The minimum absolute atomic E-state index is 0.269. The molecule has 2 nitrogen and oxygen atoms in total. The minimum atomic E-state index is 0.269. The molecule has 1 heterocycles. The molecule has 1 N–H and O–H groups in total. The molecule has 70 valence electrons. The van der Waals surface area contributed by atoms with Gasteiger partial charge in [-0.15, -0.1) is 0 Å². The largest absolute Gasteiger partial charge is 0.316 e. The highest BCUT2D eigenvalue weighted by atomic mass is 16.1. The molecule has 0 spiro atoms. The molecule has 0 aromatic carbocycles. The Kier molecular flexibility index (Phi) is 3.73. The zero-order valence-corrected chi connectivity index (χ0v) is 8.10. The maximum atomic E-state index is 11.5. The van der Waals surface area contributed by atoms with Crippen LogP contribution in [0.3, 0.4) is 0 Å². The Morgan fingerprint density at radius 3 is 2.92 bits per heavy atom. The van der Waals surface area contributed by atoms with Crippen LogP contribution in [0.25, 0.3) is 0 Å². The van der Waals surface area contributed by atoms with E-state index < -0.39 is 0 Å². The number of Topliss-reactive ketones (excluding diaryl/α,β-unsaturated/α-hetero) is 1. The summed E-state index contributed by atoms with van der Waals surface area (Å²) < 4.78 is 0. The van der Waals surface area contributed by atoms with Crippen molar-refractivity contribution in [3.8, 4) is 0 Å². The molecule has 0 amide bonds. The number of carbonyl (C=O) groups excluding carboxylic acids is 1. The maximum absolute atomic E-state index is 11.5. The van der Waals surface area contributed by atoms with Gasteiger partial charge in [-0.05, 0) is 31.8 Å². The van der Waals surface area contributed by atoms with Gasteiger partial charge in [0.25, 0.3) is 0 Å². The van der Waals surface area contributed by atoms with Crippen molar-refractivity contribution >= 4 is 5.78 Å². The van der Waals surface area contributed by atoms with E-state index in [-0.39, 0.29) is 5.92 Å². The molecule has 12 heavy (non-hydrogen) atoms. The molecular weight excluding hydrogens is 150 g/mol. The summed E-state index contributed by atoms with van der Waals surface area (Å²) >= 11 is 0. The topological polar surface area (TPSA) is 29.1 Å². The first-order valence-electron chi connectivity index (χ1n) is 4.97. The zero-order chi connectivity index (χ0) is 8.97. The van der Waals surface area contributed by atoms with E-state index in [0.717, 1.165) is 25.9 Å². The number of ketones is 1. The monoisotopic (exact) mass is 169 g/mol. The highest BCUT2D eigenvalue weighted by molar-refractivity contribution is 5.80. The lowest BCUT2D eigenvalue weighted by molar-refractivity contribution is -0.123. The molecule has 0 aromatic rings. The fourth-order valence-corrected chi connectivity index (χ4v) is 1.60. The Labute approximate surface area is 74.7 Å². The Balaban J connectivity index is 2.25. The van der Waals surface area contributed by atoms with E-state index in [9.17, 15) is 4.79 Å². The summed E-state index contributed by atoms with van der Waals surface area (Å²) in [5, 5.41) is 3.28. The highest BCUT2D eigenvalue weighted by Crippen LogP contribution is 2.16. The summed E-state index contributed by atoms with van der Waals surface area (Å²) in [4.78, 5) is 11.5. The third kappa shape index (κ3) is 2.59. The van der Waals surface area contributed by atoms with Crippen LogP contribution in [-0.2, 0) is 4.79 Å². The molecule has 1 unspecified atom stereocenters. The molecule has 0 aromatic heterocycles. The van der Waals surface area contributed by atoms with Gasteiger partial charge in [0.2, 0.25) is 0 Å². The molecular formula is C10H19NO. The van der Waals surface area contributed by atoms with Gasteiger partial charge in [-0.1, -0.05) is 13.8 Å². The quantitative estimate of drug-likeness (QED) is 0.692. The normalized spacial score (nSPS) is 25.7. The van der Waals surface area contributed by atoms with Gasteiger partial charge < -0.3 is 5.32 Å². The second-order valence-electron chi connectivity index (χ2n) is 3.84. The number of rotatable bonds is 4. The SMILES string of the molecule is CC[C@@H](C)C(=O)CC1CCNC1. The van der Waals surface area contributed by atoms with Crippen molar-refractivity contribution in [2.45, 2.75) is 33.1 Å². The first kappa shape index (κ1) is 9.72. The lowest BCUT2D eigenvalue weighted by Crippen LogP contribution is -2.17. The average Bonchev–Trinajstić information content (AvgIpc) is 2.55. The predicted molar refractivity (Wildman–Crippen MR) is 50.1 cm³/mol. The first-order chi connectivity index (χ1) is 5.74. The Morgan fingerprint density at radius 1 is 1.67 bits per heavy atom. The van der Waals surface area contributed by atoms with Crippen LogP contribution in [0.2, 0.25) is 0 Å². The van der Waals surface area contributed by atoms with E-state index in [2.05, 4.69) is 12.2 Å². The molecule has 0 aliphatic carbocycles. The lowest BCUT2D eigenvalue weighted by atomic mass is 9.93. The van der Waals surface area contributed by atoms with E-state index in [1.165, 1.54) is 6.42 Å². The van der Waals surface area contributed by atoms with Gasteiger partial charge in [-0.25, -0.2) is 0 Å². The van der Waals surface area contributed by atoms with Crippen LogP contribution < -0.4 is 5.32 Å². The Bertz CT molecular complexity index is 150. The summed E-state index contributed by atoms with van der Waals surface area (Å²) in [6, 6.07) is 0. The predicted octanol–water partition coefficient (Wildman–Crippen LogP) is 1.60. The van der Waals surface area contributed by atoms with Crippen molar-refractivity contribution in [3.63, 3.8) is 0 Å². The van der Waals surface area contributed by atoms with Crippen molar-refractivity contribution in [3.05, 3.63) is 0 Å². The molecule has 0 saturated carbocycles. The molecule has 1 saturated heterocycles. The van der Waals surface area contributed by atoms with Crippen molar-refractivity contribution in [2.75, 3.05) is 13.1 Å². The summed E-state index contributed by atoms with van der Waals surface area (Å²) in [6.07, 6.45) is 2.96. The summed E-state index contributed by atoms with van der Waals surface area (Å²) in [6.45, 7) is 6.25. The Hall–Kier alpha value is -0.370. The van der Waals surface area contributed by atoms with E-state index in [1.807, 2.05) is 6.92 Å². The van der Waals surface area contributed by atoms with Crippen molar-refractivity contribution < 1.29 is 4.79 Å². The number of nitrogens with one attached hydrogen (secondary N) is 1. The van der Waals surface area contributed by atoms with E-state index in [1.54, 1.807) is 0 Å². The van der Waals surface area contributed by atoms with Crippen LogP contribution in [0.5, 0.6) is 0 Å². The fourth-order valence-electron chi connectivity index (χ4n) is 1.60. The molecule has 2 heteroatoms. The summed E-state index contributed by atoms with van der Waals surface area (Å²) in [7, 11) is 0. The second-order valence-corrected chi connectivity index (χ2v) is 3.84. The van der Waals surface area contributed by atoms with Crippen LogP contribution in [-0.4, -0.2) is 18.9 Å². The van der Waals surface area contributed by atoms with Crippen molar-refractivity contribution in [2.24, 2.45) is 11.8 Å². The number of hydrogen-bond donors (Lipinski definition) is 1. The standard InChI is InChI=1S/C10H19NO/c1-3-8(2)10(12)6-9-4-5-11-7-9/h8-9,11H,3-7H2,1-2H3/t8-,9?/m1/s1. The first-order valence-corrected chi connectivity index (χ1v) is 4.97. The highest BCUT2D eigenvalue weighted by Gasteiger charge is 2.20. The number of carbonyl (C=O) groups is 1. The van der Waals surface area contributed by atoms with Crippen LogP contribution >= 0.6 is 0 Å². The van der Waals surface area contributed by atoms with Crippen LogP contribution in [0.4, 0.5) is 0 Å². The van der Waals surface area contributed by atoms with Gasteiger partial charge in [0, 0.05) is 12.3 Å². The van der Waals surface area contributed by atoms with Crippen LogP contribution in [0.15, 0.2) is 0 Å². The molecule has 0 bridgehead atoms. The van der Waals surface area contributed by atoms with Crippen molar-refractivity contribution in [1.29, 1.82) is 0 Å². The molecule has 2 atom stereocenters. The number of hydrogen-bond acceptors (Lipinski definition) is 2. The van der Waals surface area contributed by atoms with Crippen LogP contribution in [0, 0.1) is 11.8 Å². The third-order valence-electron chi connectivity index (χ3n) is 2.81. The second kappa shape index (κ2) is 4.61. The van der Waals surface area contributed by atoms with Gasteiger partial charge in [-0.3, -0.25) is 4.79 Å². The molecule has 1 aliphatic heterocycles. The van der Waals surface area contributed by atoms with Crippen molar-refractivity contribution in [1.82, 2.24) is 5.32 Å². The average molecular weight is 169 g/mol. The van der Waals surface area contributed by atoms with Gasteiger partial charge in [0.15, 0.2) is 0 Å². The maximum Gasteiger partial charge on any atom is 0.136 e. The molecule has 1 fully saturated rings. The zero-order valence-electron chi connectivity index (χ0n) is 8.10. The summed E-state index contributed by atoms with van der Waals surface area (Å²) in [5.41, 5.74) is 0. The molecule has 1 aliphatic rings. The van der Waals surface area contributed by atoms with Gasteiger partial charge in [0.05, 0.1) is 0 Å². The van der Waals surface area contributed by atoms with Crippen LogP contribution in [0.1, 0.15) is 33.1 Å². The van der Waals surface area contributed by atoms with Gasteiger partial charge in [-0.2, -0.15) is 0 Å². The smallest absolute Gasteiger partial charge is 0.136 e. The summed E-state index contributed by atoms with van der Waals surface area (Å²) in [5.74, 6) is 1.34. The minimum Gasteiger partial charge on any atom is -0.316 e. The van der Waals surface area contributed by atoms with E-state index in [0.29, 0.717) is 11.7 Å². The van der Waals surface area contributed by atoms with Gasteiger partial charge in [0.1, 0.15) is 5.78 Å². The van der Waals surface area contributed by atoms with Gasteiger partial charge >= 0.3 is 0 Å². The molecule has 1 rings (SSSR count). The van der Waals surface area contributed by atoms with E-state index >= 15 is 0 Å². The molecule has 0 radical (unpaired) electrons. The lowest BCUT2D eigenvalue weighted by Gasteiger charge is -2.10. The Morgan fingerprint density at radius 2 is 2.42 bits per heavy atom. The fraction of sp³-hybridized carbons (Fsp3) is 0.900. The van der Waals surface area contributed by atoms with E-state index in [4.69, 9.17) is 0 Å². The third-order valence-corrected chi connectivity index (χ3v) is 2.81.